The van der Waals surface area contributed by atoms with Crippen molar-refractivity contribution in [1.29, 1.82) is 0 Å². The number of halogens is 1. The molecule has 0 aliphatic carbocycles. The summed E-state index contributed by atoms with van der Waals surface area (Å²) in [7, 11) is 3.18. The second-order valence-corrected chi connectivity index (χ2v) is 7.57. The number of rotatable bonds is 4. The summed E-state index contributed by atoms with van der Waals surface area (Å²) in [5.41, 5.74) is 2.37. The van der Waals surface area contributed by atoms with Crippen LogP contribution in [0, 0.1) is 0 Å². The van der Waals surface area contributed by atoms with Crippen LogP contribution in [0.5, 0.6) is 5.75 Å². The van der Waals surface area contributed by atoms with E-state index in [0.717, 1.165) is 31.7 Å². The SMILES string of the molecule is CCOc1ccc(-n2cc3c(c2-c2ccccc2Br)c(=O)n(C)c(=O)n3C)cc1. The normalized spacial score (nSPS) is 11.2. The molecule has 0 saturated heterocycles. The topological polar surface area (TPSA) is 58.2 Å². The predicted octanol–water partition coefficient (Wildman–Crippen LogP) is 3.86. The minimum Gasteiger partial charge on any atom is -0.494 e. The van der Waals surface area contributed by atoms with Crippen LogP contribution in [0.25, 0.3) is 27.8 Å². The monoisotopic (exact) mass is 453 g/mol. The first-order valence-corrected chi connectivity index (χ1v) is 10.0. The third-order valence-corrected chi connectivity index (χ3v) is 5.69. The molecule has 4 rings (SSSR count). The van der Waals surface area contributed by atoms with Crippen LogP contribution in [0.2, 0.25) is 0 Å². The van der Waals surface area contributed by atoms with Crippen LogP contribution in [-0.4, -0.2) is 20.3 Å². The lowest BCUT2D eigenvalue weighted by Gasteiger charge is -2.12. The molecule has 0 unspecified atom stereocenters. The quantitative estimate of drug-likeness (QED) is 0.471. The molecule has 0 N–H and O–H groups in total. The Balaban J connectivity index is 2.12. The molecule has 148 valence electrons. The molecule has 0 fully saturated rings. The fourth-order valence-electron chi connectivity index (χ4n) is 3.53. The third-order valence-electron chi connectivity index (χ3n) is 4.99. The minimum absolute atomic E-state index is 0.321. The molecule has 0 bridgehead atoms. The third kappa shape index (κ3) is 3.11. The number of aromatic nitrogens is 3. The standard InChI is InChI=1S/C22H20BrN3O3/c1-4-29-15-11-9-14(10-12-15)26-13-18-19(21(27)25(3)22(28)24(18)2)20(26)16-7-5-6-8-17(16)23/h5-13H,4H2,1-3H3. The van der Waals surface area contributed by atoms with Crippen molar-refractivity contribution in [1.82, 2.24) is 13.7 Å². The van der Waals surface area contributed by atoms with Gasteiger partial charge in [-0.2, -0.15) is 0 Å². The van der Waals surface area contributed by atoms with Crippen molar-refractivity contribution >= 4 is 26.8 Å². The number of aryl methyl sites for hydroxylation is 1. The summed E-state index contributed by atoms with van der Waals surface area (Å²) in [5, 5.41) is 0.496. The fourth-order valence-corrected chi connectivity index (χ4v) is 4.00. The Kier molecular flexibility index (Phi) is 4.92. The molecule has 0 saturated carbocycles. The Hall–Kier alpha value is -3.06. The molecule has 0 aliphatic rings. The van der Waals surface area contributed by atoms with Crippen molar-refractivity contribution in [2.24, 2.45) is 14.1 Å². The van der Waals surface area contributed by atoms with Crippen molar-refractivity contribution < 1.29 is 4.74 Å². The van der Waals surface area contributed by atoms with E-state index in [0.29, 0.717) is 17.5 Å². The van der Waals surface area contributed by atoms with Gasteiger partial charge in [0, 0.05) is 36.0 Å². The van der Waals surface area contributed by atoms with E-state index >= 15 is 0 Å². The first-order chi connectivity index (χ1) is 13.9. The maximum absolute atomic E-state index is 13.1. The highest BCUT2D eigenvalue weighted by atomic mass is 79.9. The van der Waals surface area contributed by atoms with Crippen LogP contribution in [0.4, 0.5) is 0 Å². The van der Waals surface area contributed by atoms with Gasteiger partial charge in [-0.3, -0.25) is 13.9 Å². The number of benzene rings is 2. The fraction of sp³-hybridized carbons (Fsp3) is 0.182. The highest BCUT2D eigenvalue weighted by Crippen LogP contribution is 2.35. The zero-order valence-electron chi connectivity index (χ0n) is 16.3. The van der Waals surface area contributed by atoms with Gasteiger partial charge in [0.15, 0.2) is 0 Å². The van der Waals surface area contributed by atoms with Crippen LogP contribution >= 0.6 is 15.9 Å². The van der Waals surface area contributed by atoms with Gasteiger partial charge in [0.2, 0.25) is 0 Å². The second-order valence-electron chi connectivity index (χ2n) is 6.72. The Labute approximate surface area is 175 Å². The maximum atomic E-state index is 13.1. The van der Waals surface area contributed by atoms with Crippen LogP contribution in [0.15, 0.2) is 68.8 Å². The molecular formula is C22H20BrN3O3. The van der Waals surface area contributed by atoms with Crippen molar-refractivity contribution in [3.8, 4) is 22.7 Å². The lowest BCUT2D eigenvalue weighted by atomic mass is 10.1. The number of ether oxygens (including phenoxy) is 1. The van der Waals surface area contributed by atoms with Gasteiger partial charge in [0.05, 0.1) is 23.2 Å². The zero-order valence-corrected chi connectivity index (χ0v) is 17.9. The van der Waals surface area contributed by atoms with E-state index in [1.165, 1.54) is 11.6 Å². The van der Waals surface area contributed by atoms with E-state index in [1.54, 1.807) is 7.05 Å². The van der Waals surface area contributed by atoms with Gasteiger partial charge in [-0.25, -0.2) is 4.79 Å². The Morgan fingerprint density at radius 1 is 0.966 bits per heavy atom. The Morgan fingerprint density at radius 2 is 1.66 bits per heavy atom. The average Bonchev–Trinajstić information content (AvgIpc) is 3.12. The van der Waals surface area contributed by atoms with Crippen molar-refractivity contribution in [3.05, 3.63) is 80.0 Å². The van der Waals surface area contributed by atoms with Gasteiger partial charge in [-0.1, -0.05) is 34.1 Å². The van der Waals surface area contributed by atoms with Crippen LogP contribution in [-0.2, 0) is 14.1 Å². The number of hydrogen-bond acceptors (Lipinski definition) is 3. The molecule has 6 nitrogen and oxygen atoms in total. The summed E-state index contributed by atoms with van der Waals surface area (Å²) in [6.07, 6.45) is 1.84. The highest BCUT2D eigenvalue weighted by molar-refractivity contribution is 9.10. The number of fused-ring (bicyclic) bond motifs is 1. The smallest absolute Gasteiger partial charge is 0.330 e. The van der Waals surface area contributed by atoms with Gasteiger partial charge in [0.1, 0.15) is 5.75 Å². The predicted molar refractivity (Wildman–Crippen MR) is 118 cm³/mol. The summed E-state index contributed by atoms with van der Waals surface area (Å²) >= 11 is 3.61. The van der Waals surface area contributed by atoms with E-state index in [-0.39, 0.29) is 11.2 Å². The van der Waals surface area contributed by atoms with Crippen LogP contribution in [0.1, 0.15) is 6.92 Å². The Morgan fingerprint density at radius 3 is 2.31 bits per heavy atom. The van der Waals surface area contributed by atoms with Crippen molar-refractivity contribution in [2.75, 3.05) is 6.61 Å². The largest absolute Gasteiger partial charge is 0.494 e. The molecule has 0 spiro atoms. The van der Waals surface area contributed by atoms with E-state index in [4.69, 9.17) is 4.74 Å². The molecule has 0 amide bonds. The molecule has 0 aliphatic heterocycles. The molecular weight excluding hydrogens is 434 g/mol. The minimum atomic E-state index is -0.356. The van der Waals surface area contributed by atoms with Crippen LogP contribution in [0.3, 0.4) is 0 Å². The molecule has 0 radical (unpaired) electrons. The highest BCUT2D eigenvalue weighted by Gasteiger charge is 2.21. The van der Waals surface area contributed by atoms with Gasteiger partial charge in [-0.15, -0.1) is 0 Å². The number of nitrogens with zero attached hydrogens (tertiary/aromatic N) is 3. The van der Waals surface area contributed by atoms with E-state index < -0.39 is 0 Å². The molecule has 0 atom stereocenters. The van der Waals surface area contributed by atoms with E-state index in [1.807, 2.05) is 66.2 Å². The lowest BCUT2D eigenvalue weighted by molar-refractivity contribution is 0.340. The summed E-state index contributed by atoms with van der Waals surface area (Å²) in [6.45, 7) is 2.53. The molecule has 2 aromatic carbocycles. The summed E-state index contributed by atoms with van der Waals surface area (Å²) < 4.78 is 11.0. The molecule has 29 heavy (non-hydrogen) atoms. The summed E-state index contributed by atoms with van der Waals surface area (Å²) in [6, 6.07) is 15.4. The van der Waals surface area contributed by atoms with Gasteiger partial charge in [0.25, 0.3) is 5.56 Å². The van der Waals surface area contributed by atoms with Crippen LogP contribution < -0.4 is 16.0 Å². The lowest BCUT2D eigenvalue weighted by Crippen LogP contribution is -2.36. The summed E-state index contributed by atoms with van der Waals surface area (Å²) in [4.78, 5) is 25.6. The molecule has 2 aromatic heterocycles. The first-order valence-electron chi connectivity index (χ1n) is 9.23. The number of hydrogen-bond donors (Lipinski definition) is 0. The van der Waals surface area contributed by atoms with Gasteiger partial charge < -0.3 is 9.30 Å². The second kappa shape index (κ2) is 7.40. The Bertz CT molecular complexity index is 1330. The first kappa shape index (κ1) is 19.3. The van der Waals surface area contributed by atoms with Gasteiger partial charge in [-0.05, 0) is 37.3 Å². The molecule has 2 heterocycles. The van der Waals surface area contributed by atoms with E-state index in [9.17, 15) is 9.59 Å². The van der Waals surface area contributed by atoms with Gasteiger partial charge >= 0.3 is 5.69 Å². The molecule has 4 aromatic rings. The maximum Gasteiger partial charge on any atom is 0.330 e. The van der Waals surface area contributed by atoms with E-state index in [2.05, 4.69) is 15.9 Å². The molecule has 7 heteroatoms. The van der Waals surface area contributed by atoms with Crippen molar-refractivity contribution in [3.63, 3.8) is 0 Å². The zero-order chi connectivity index (χ0) is 20.7. The van der Waals surface area contributed by atoms with Crippen molar-refractivity contribution in [2.45, 2.75) is 6.92 Å². The summed E-state index contributed by atoms with van der Waals surface area (Å²) in [5.74, 6) is 0.777. The average molecular weight is 454 g/mol.